The van der Waals surface area contributed by atoms with Crippen LogP contribution in [0.4, 0.5) is 5.69 Å². The Labute approximate surface area is 128 Å². The molecule has 0 heterocycles. The van der Waals surface area contributed by atoms with E-state index in [2.05, 4.69) is 50.8 Å². The molecule has 0 saturated carbocycles. The third-order valence-corrected chi connectivity index (χ3v) is 4.35. The number of para-hydroxylation sites is 1. The quantitative estimate of drug-likeness (QED) is 0.587. The first-order valence-corrected chi connectivity index (χ1v) is 9.14. The van der Waals surface area contributed by atoms with Crippen molar-refractivity contribution in [1.82, 2.24) is 0 Å². The molecule has 0 aliphatic carbocycles. The SMILES string of the molecule is CC(C)c1ccccc1N(CCCCS(=O)(=O)O)C(C)C. The lowest BCUT2D eigenvalue weighted by atomic mass is 9.99. The lowest BCUT2D eigenvalue weighted by Crippen LogP contribution is -2.33. The van der Waals surface area contributed by atoms with Crippen LogP contribution < -0.4 is 4.90 Å². The second-order valence-corrected chi connectivity index (χ2v) is 7.57. The van der Waals surface area contributed by atoms with E-state index in [-0.39, 0.29) is 5.75 Å². The number of hydrogen-bond acceptors (Lipinski definition) is 3. The highest BCUT2D eigenvalue weighted by Gasteiger charge is 2.16. The van der Waals surface area contributed by atoms with Crippen LogP contribution in [0.1, 0.15) is 52.0 Å². The van der Waals surface area contributed by atoms with Crippen LogP contribution in [0.3, 0.4) is 0 Å². The number of hydrogen-bond donors (Lipinski definition) is 1. The van der Waals surface area contributed by atoms with Crippen molar-refractivity contribution in [3.05, 3.63) is 29.8 Å². The third-order valence-electron chi connectivity index (χ3n) is 3.54. The van der Waals surface area contributed by atoms with Crippen molar-refractivity contribution in [3.8, 4) is 0 Å². The standard InChI is InChI=1S/C16H27NO3S/c1-13(2)15-9-5-6-10-16(15)17(14(3)4)11-7-8-12-21(18,19)20/h5-6,9-10,13-14H,7-8,11-12H2,1-4H3,(H,18,19,20). The summed E-state index contributed by atoms with van der Waals surface area (Å²) in [6.45, 7) is 9.42. The Bertz CT molecular complexity index is 538. The molecular weight excluding hydrogens is 286 g/mol. The highest BCUT2D eigenvalue weighted by molar-refractivity contribution is 7.85. The lowest BCUT2D eigenvalue weighted by Gasteiger charge is -2.32. The second kappa shape index (κ2) is 7.80. The van der Waals surface area contributed by atoms with E-state index in [0.29, 0.717) is 18.4 Å². The Morgan fingerprint density at radius 2 is 1.71 bits per heavy atom. The van der Waals surface area contributed by atoms with E-state index in [9.17, 15) is 8.42 Å². The van der Waals surface area contributed by atoms with Gasteiger partial charge in [-0.15, -0.1) is 0 Å². The first kappa shape index (κ1) is 18.0. The zero-order valence-corrected chi connectivity index (χ0v) is 14.2. The van der Waals surface area contributed by atoms with Crippen LogP contribution in [-0.4, -0.2) is 31.3 Å². The Kier molecular flexibility index (Phi) is 6.68. The molecule has 0 unspecified atom stereocenters. The summed E-state index contributed by atoms with van der Waals surface area (Å²) >= 11 is 0. The van der Waals surface area contributed by atoms with Crippen LogP contribution in [0.2, 0.25) is 0 Å². The van der Waals surface area contributed by atoms with Crippen molar-refractivity contribution < 1.29 is 13.0 Å². The molecule has 0 aliphatic rings. The van der Waals surface area contributed by atoms with Gasteiger partial charge >= 0.3 is 0 Å². The fraction of sp³-hybridized carbons (Fsp3) is 0.625. The zero-order chi connectivity index (χ0) is 16.0. The Morgan fingerprint density at radius 1 is 1.10 bits per heavy atom. The molecule has 1 rings (SSSR count). The highest BCUT2D eigenvalue weighted by atomic mass is 32.2. The molecule has 1 N–H and O–H groups in total. The maximum Gasteiger partial charge on any atom is 0.264 e. The first-order valence-electron chi connectivity index (χ1n) is 7.53. The summed E-state index contributed by atoms with van der Waals surface area (Å²) in [5.74, 6) is 0.283. The summed E-state index contributed by atoms with van der Waals surface area (Å²) in [4.78, 5) is 2.30. The predicted molar refractivity (Wildman–Crippen MR) is 88.7 cm³/mol. The molecule has 0 saturated heterocycles. The number of benzene rings is 1. The minimum absolute atomic E-state index is 0.162. The minimum atomic E-state index is -3.85. The summed E-state index contributed by atoms with van der Waals surface area (Å²) in [6, 6.07) is 8.70. The molecule has 0 bridgehead atoms. The Hall–Kier alpha value is -1.07. The van der Waals surface area contributed by atoms with Gasteiger partial charge in [0.2, 0.25) is 0 Å². The van der Waals surface area contributed by atoms with Crippen LogP contribution in [0.15, 0.2) is 24.3 Å². The van der Waals surface area contributed by atoms with E-state index in [0.717, 1.165) is 13.0 Å². The van der Waals surface area contributed by atoms with E-state index in [1.165, 1.54) is 11.3 Å². The van der Waals surface area contributed by atoms with Gasteiger partial charge in [0, 0.05) is 18.3 Å². The van der Waals surface area contributed by atoms with Gasteiger partial charge < -0.3 is 4.90 Å². The van der Waals surface area contributed by atoms with Crippen molar-refractivity contribution >= 4 is 15.8 Å². The molecule has 21 heavy (non-hydrogen) atoms. The van der Waals surface area contributed by atoms with Crippen LogP contribution in [0.25, 0.3) is 0 Å². The number of rotatable bonds is 8. The van der Waals surface area contributed by atoms with Gasteiger partial charge in [-0.2, -0.15) is 8.42 Å². The molecule has 0 aromatic heterocycles. The molecule has 1 aromatic carbocycles. The van der Waals surface area contributed by atoms with Gasteiger partial charge in [-0.1, -0.05) is 32.0 Å². The molecule has 0 radical (unpaired) electrons. The number of nitrogens with zero attached hydrogens (tertiary/aromatic N) is 1. The van der Waals surface area contributed by atoms with Gasteiger partial charge in [0.15, 0.2) is 0 Å². The molecule has 0 spiro atoms. The van der Waals surface area contributed by atoms with E-state index in [4.69, 9.17) is 4.55 Å². The van der Waals surface area contributed by atoms with Crippen LogP contribution in [0.5, 0.6) is 0 Å². The van der Waals surface area contributed by atoms with Crippen molar-refractivity contribution in [2.24, 2.45) is 0 Å². The minimum Gasteiger partial charge on any atom is -0.369 e. The molecule has 0 atom stereocenters. The van der Waals surface area contributed by atoms with Crippen molar-refractivity contribution in [2.75, 3.05) is 17.2 Å². The molecule has 0 fully saturated rings. The van der Waals surface area contributed by atoms with E-state index >= 15 is 0 Å². The average molecular weight is 313 g/mol. The van der Waals surface area contributed by atoms with Gasteiger partial charge in [0.05, 0.1) is 5.75 Å². The summed E-state index contributed by atoms with van der Waals surface area (Å²) in [7, 11) is -3.85. The maximum atomic E-state index is 10.8. The topological polar surface area (TPSA) is 57.6 Å². The fourth-order valence-electron chi connectivity index (χ4n) is 2.46. The molecular formula is C16H27NO3S. The van der Waals surface area contributed by atoms with Crippen molar-refractivity contribution in [2.45, 2.75) is 52.5 Å². The monoisotopic (exact) mass is 313 g/mol. The molecule has 1 aromatic rings. The second-order valence-electron chi connectivity index (χ2n) is 5.99. The van der Waals surface area contributed by atoms with Gasteiger partial charge in [0.25, 0.3) is 10.1 Å². The van der Waals surface area contributed by atoms with E-state index in [1.54, 1.807) is 0 Å². The fourth-order valence-corrected chi connectivity index (χ4v) is 3.03. The largest absolute Gasteiger partial charge is 0.369 e. The summed E-state index contributed by atoms with van der Waals surface area (Å²) < 4.78 is 30.3. The molecule has 0 aliphatic heterocycles. The first-order chi connectivity index (χ1) is 9.72. The summed E-state index contributed by atoms with van der Waals surface area (Å²) in [5.41, 5.74) is 2.52. The summed E-state index contributed by atoms with van der Waals surface area (Å²) in [5, 5.41) is 0. The van der Waals surface area contributed by atoms with Gasteiger partial charge in [-0.3, -0.25) is 4.55 Å². The van der Waals surface area contributed by atoms with E-state index in [1.807, 2.05) is 6.07 Å². The normalized spacial score (nSPS) is 12.1. The summed E-state index contributed by atoms with van der Waals surface area (Å²) in [6.07, 6.45) is 1.22. The van der Waals surface area contributed by atoms with Gasteiger partial charge in [-0.05, 0) is 44.2 Å². The third kappa shape index (κ3) is 6.06. The van der Waals surface area contributed by atoms with Crippen LogP contribution in [0, 0.1) is 0 Å². The van der Waals surface area contributed by atoms with Crippen LogP contribution >= 0.6 is 0 Å². The Balaban J connectivity index is 2.79. The maximum absolute atomic E-state index is 10.8. The molecule has 5 heteroatoms. The van der Waals surface area contributed by atoms with Gasteiger partial charge in [-0.25, -0.2) is 0 Å². The lowest BCUT2D eigenvalue weighted by molar-refractivity contribution is 0.479. The van der Waals surface area contributed by atoms with E-state index < -0.39 is 10.1 Å². The van der Waals surface area contributed by atoms with Gasteiger partial charge in [0.1, 0.15) is 0 Å². The van der Waals surface area contributed by atoms with Crippen LogP contribution in [-0.2, 0) is 10.1 Å². The predicted octanol–water partition coefficient (Wildman–Crippen LogP) is 3.69. The molecule has 120 valence electrons. The average Bonchev–Trinajstić information content (AvgIpc) is 2.37. The van der Waals surface area contributed by atoms with Crippen molar-refractivity contribution in [1.29, 1.82) is 0 Å². The molecule has 4 nitrogen and oxygen atoms in total. The number of anilines is 1. The smallest absolute Gasteiger partial charge is 0.264 e. The number of unbranched alkanes of at least 4 members (excludes halogenated alkanes) is 1. The molecule has 0 amide bonds. The zero-order valence-electron chi connectivity index (χ0n) is 13.4. The highest BCUT2D eigenvalue weighted by Crippen LogP contribution is 2.28. The van der Waals surface area contributed by atoms with Crippen molar-refractivity contribution in [3.63, 3.8) is 0 Å². The Morgan fingerprint density at radius 3 is 2.24 bits per heavy atom.